The van der Waals surface area contributed by atoms with Gasteiger partial charge in [0.05, 0.1) is 19.9 Å². The first kappa shape index (κ1) is 19.7. The number of benzene rings is 2. The number of para-hydroxylation sites is 1. The van der Waals surface area contributed by atoms with Crippen molar-refractivity contribution in [2.24, 2.45) is 0 Å². The van der Waals surface area contributed by atoms with Gasteiger partial charge in [-0.2, -0.15) is 10.4 Å². The van der Waals surface area contributed by atoms with E-state index in [0.717, 1.165) is 11.3 Å². The highest BCUT2D eigenvalue weighted by atomic mass is 16.5. The molecule has 0 aliphatic rings. The molecule has 1 heterocycles. The number of carbonyl (C=O) groups is 1. The number of nitriles is 1. The molecule has 29 heavy (non-hydrogen) atoms. The lowest BCUT2D eigenvalue weighted by atomic mass is 10.1. The van der Waals surface area contributed by atoms with Crippen molar-refractivity contribution < 1.29 is 19.0 Å². The molecule has 0 radical (unpaired) electrons. The summed E-state index contributed by atoms with van der Waals surface area (Å²) >= 11 is 0. The van der Waals surface area contributed by atoms with Gasteiger partial charge in [0.1, 0.15) is 11.8 Å². The van der Waals surface area contributed by atoms with Crippen LogP contribution < -0.4 is 9.47 Å². The van der Waals surface area contributed by atoms with Crippen LogP contribution in [-0.4, -0.2) is 36.6 Å². The van der Waals surface area contributed by atoms with Crippen molar-refractivity contribution in [3.8, 4) is 34.5 Å². The van der Waals surface area contributed by atoms with E-state index >= 15 is 0 Å². The van der Waals surface area contributed by atoms with Crippen LogP contribution in [0.2, 0.25) is 0 Å². The van der Waals surface area contributed by atoms with E-state index in [4.69, 9.17) is 19.5 Å². The van der Waals surface area contributed by atoms with Gasteiger partial charge in [-0.1, -0.05) is 18.2 Å². The fourth-order valence-corrected chi connectivity index (χ4v) is 2.74. The minimum Gasteiger partial charge on any atom is -0.493 e. The summed E-state index contributed by atoms with van der Waals surface area (Å²) in [4.78, 5) is 11.8. The van der Waals surface area contributed by atoms with Crippen LogP contribution in [0.25, 0.3) is 23.0 Å². The van der Waals surface area contributed by atoms with Crippen molar-refractivity contribution in [1.29, 1.82) is 5.26 Å². The quantitative estimate of drug-likeness (QED) is 0.453. The van der Waals surface area contributed by atoms with Crippen LogP contribution in [0.3, 0.4) is 0 Å². The van der Waals surface area contributed by atoms with E-state index in [9.17, 15) is 4.79 Å². The zero-order valence-electron chi connectivity index (χ0n) is 16.0. The highest BCUT2D eigenvalue weighted by Gasteiger charge is 2.14. The summed E-state index contributed by atoms with van der Waals surface area (Å²) in [6, 6.07) is 16.9. The number of hydrogen-bond acceptors (Lipinski definition) is 6. The predicted molar refractivity (Wildman–Crippen MR) is 108 cm³/mol. The van der Waals surface area contributed by atoms with E-state index < -0.39 is 5.97 Å². The first-order chi connectivity index (χ1) is 14.2. The van der Waals surface area contributed by atoms with Crippen LogP contribution in [0, 0.1) is 11.3 Å². The van der Waals surface area contributed by atoms with Gasteiger partial charge in [0.25, 0.3) is 0 Å². The Balaban J connectivity index is 2.04. The lowest BCUT2D eigenvalue weighted by Gasteiger charge is -2.09. The van der Waals surface area contributed by atoms with Crippen molar-refractivity contribution in [1.82, 2.24) is 9.78 Å². The van der Waals surface area contributed by atoms with E-state index in [1.165, 1.54) is 6.08 Å². The van der Waals surface area contributed by atoms with Crippen LogP contribution in [-0.2, 0) is 9.53 Å². The maximum absolute atomic E-state index is 11.8. The normalized spacial score (nSPS) is 10.5. The zero-order chi connectivity index (χ0) is 20.6. The number of esters is 1. The van der Waals surface area contributed by atoms with E-state index in [1.807, 2.05) is 48.7 Å². The maximum Gasteiger partial charge on any atom is 0.331 e. The molecule has 0 saturated carbocycles. The summed E-state index contributed by atoms with van der Waals surface area (Å²) in [7, 11) is 3.14. The second kappa shape index (κ2) is 9.24. The van der Waals surface area contributed by atoms with Crippen LogP contribution in [0.1, 0.15) is 5.56 Å². The van der Waals surface area contributed by atoms with Crippen molar-refractivity contribution in [3.63, 3.8) is 0 Å². The standard InChI is InChI=1S/C22H19N3O4/c1-27-19-10-8-16(14-20(19)28-2)22-17(9-11-21(26)29-13-12-23)15-25(24-22)18-6-4-3-5-7-18/h3-11,14-15H,13H2,1-2H3/b11-9+. The number of ether oxygens (including phenoxy) is 3. The SMILES string of the molecule is COc1ccc(-c2nn(-c3ccccc3)cc2/C=C/C(=O)OCC#N)cc1OC. The average Bonchev–Trinajstić information content (AvgIpc) is 3.20. The number of hydrogen-bond donors (Lipinski definition) is 0. The third-order valence-corrected chi connectivity index (χ3v) is 4.10. The molecule has 0 amide bonds. The van der Waals surface area contributed by atoms with Gasteiger partial charge in [-0.25, -0.2) is 9.48 Å². The van der Waals surface area contributed by atoms with Crippen LogP contribution in [0.15, 0.2) is 60.8 Å². The van der Waals surface area contributed by atoms with Crippen LogP contribution >= 0.6 is 0 Å². The van der Waals surface area contributed by atoms with Gasteiger partial charge in [-0.15, -0.1) is 0 Å². The topological polar surface area (TPSA) is 86.4 Å². The molecule has 0 unspecified atom stereocenters. The summed E-state index contributed by atoms with van der Waals surface area (Å²) in [5.41, 5.74) is 3.03. The summed E-state index contributed by atoms with van der Waals surface area (Å²) in [5, 5.41) is 13.2. The van der Waals surface area contributed by atoms with Gasteiger partial charge in [0.2, 0.25) is 0 Å². The molecule has 0 aliphatic carbocycles. The number of rotatable bonds is 7. The van der Waals surface area contributed by atoms with E-state index in [-0.39, 0.29) is 6.61 Å². The largest absolute Gasteiger partial charge is 0.493 e. The van der Waals surface area contributed by atoms with Gasteiger partial charge in [0, 0.05) is 23.4 Å². The fourth-order valence-electron chi connectivity index (χ4n) is 2.74. The molecule has 1 aromatic heterocycles. The Morgan fingerprint density at radius 3 is 2.59 bits per heavy atom. The van der Waals surface area contributed by atoms with Gasteiger partial charge in [-0.3, -0.25) is 0 Å². The average molecular weight is 389 g/mol. The molecule has 0 N–H and O–H groups in total. The summed E-state index contributed by atoms with van der Waals surface area (Å²) < 4.78 is 17.2. The smallest absolute Gasteiger partial charge is 0.331 e. The Labute approximate surface area is 168 Å². The molecular weight excluding hydrogens is 370 g/mol. The van der Waals surface area contributed by atoms with Gasteiger partial charge < -0.3 is 14.2 Å². The van der Waals surface area contributed by atoms with Gasteiger partial charge >= 0.3 is 5.97 Å². The molecule has 0 fully saturated rings. The van der Waals surface area contributed by atoms with Crippen molar-refractivity contribution in [2.45, 2.75) is 0 Å². The second-order valence-electron chi connectivity index (χ2n) is 5.88. The molecule has 2 aromatic carbocycles. The van der Waals surface area contributed by atoms with Crippen molar-refractivity contribution in [3.05, 3.63) is 66.4 Å². The van der Waals surface area contributed by atoms with E-state index in [0.29, 0.717) is 22.8 Å². The zero-order valence-corrected chi connectivity index (χ0v) is 16.0. The first-order valence-corrected chi connectivity index (χ1v) is 8.75. The minimum absolute atomic E-state index is 0.297. The molecule has 0 spiro atoms. The molecule has 7 heteroatoms. The Kier molecular flexibility index (Phi) is 6.28. The molecule has 0 saturated heterocycles. The Bertz CT molecular complexity index is 1070. The molecule has 0 bridgehead atoms. The Morgan fingerprint density at radius 2 is 1.90 bits per heavy atom. The number of carbonyl (C=O) groups excluding carboxylic acids is 1. The predicted octanol–water partition coefficient (Wildman–Crippen LogP) is 3.64. The Morgan fingerprint density at radius 1 is 1.14 bits per heavy atom. The number of aromatic nitrogens is 2. The van der Waals surface area contributed by atoms with Crippen molar-refractivity contribution >= 4 is 12.0 Å². The van der Waals surface area contributed by atoms with E-state index in [2.05, 4.69) is 5.10 Å². The number of nitrogens with zero attached hydrogens (tertiary/aromatic N) is 3. The summed E-state index contributed by atoms with van der Waals surface area (Å²) in [5.74, 6) is 0.579. The molecule has 0 aliphatic heterocycles. The molecular formula is C22H19N3O4. The molecule has 3 rings (SSSR count). The lowest BCUT2D eigenvalue weighted by Crippen LogP contribution is -1.99. The van der Waals surface area contributed by atoms with Crippen LogP contribution in [0.5, 0.6) is 11.5 Å². The molecule has 3 aromatic rings. The highest BCUT2D eigenvalue weighted by Crippen LogP contribution is 2.33. The minimum atomic E-state index is -0.600. The van der Waals surface area contributed by atoms with Gasteiger partial charge in [-0.05, 0) is 36.4 Å². The highest BCUT2D eigenvalue weighted by molar-refractivity contribution is 5.89. The second-order valence-corrected chi connectivity index (χ2v) is 5.88. The fraction of sp³-hybridized carbons (Fsp3) is 0.136. The third kappa shape index (κ3) is 4.62. The summed E-state index contributed by atoms with van der Waals surface area (Å²) in [6.45, 7) is -0.297. The van der Waals surface area contributed by atoms with Gasteiger partial charge in [0.15, 0.2) is 18.1 Å². The third-order valence-electron chi connectivity index (χ3n) is 4.10. The molecule has 0 atom stereocenters. The number of methoxy groups -OCH3 is 2. The Hall–Kier alpha value is -4.05. The van der Waals surface area contributed by atoms with E-state index in [1.54, 1.807) is 37.1 Å². The first-order valence-electron chi connectivity index (χ1n) is 8.75. The monoisotopic (exact) mass is 389 g/mol. The maximum atomic E-state index is 11.8. The summed E-state index contributed by atoms with van der Waals surface area (Å²) in [6.07, 6.45) is 4.70. The molecule has 146 valence electrons. The van der Waals surface area contributed by atoms with Crippen LogP contribution in [0.4, 0.5) is 0 Å². The molecule has 7 nitrogen and oxygen atoms in total. The lowest BCUT2D eigenvalue weighted by molar-refractivity contribution is -0.136. The van der Waals surface area contributed by atoms with Crippen molar-refractivity contribution in [2.75, 3.05) is 20.8 Å².